The monoisotopic (exact) mass is 458 g/mol. The van der Waals surface area contributed by atoms with Gasteiger partial charge in [0.15, 0.2) is 17.3 Å². The fourth-order valence-electron chi connectivity index (χ4n) is 3.68. The van der Waals surface area contributed by atoms with Gasteiger partial charge in [0.05, 0.1) is 45.4 Å². The maximum atomic E-state index is 13.0. The van der Waals surface area contributed by atoms with E-state index in [1.54, 1.807) is 27.5 Å². The fraction of sp³-hybridized carbons (Fsp3) is 0.381. The van der Waals surface area contributed by atoms with Gasteiger partial charge in [0.25, 0.3) is 5.78 Å². The second kappa shape index (κ2) is 9.03. The number of ether oxygens (including phenoxy) is 4. The van der Waals surface area contributed by atoms with Crippen LogP contribution in [0, 0.1) is 0 Å². The molecule has 0 N–H and O–H groups in total. The van der Waals surface area contributed by atoms with Crippen LogP contribution in [0.4, 0.5) is 0 Å². The minimum Gasteiger partial charge on any atom is -0.493 e. The van der Waals surface area contributed by atoms with Gasteiger partial charge in [-0.1, -0.05) is 11.8 Å². The lowest BCUT2D eigenvalue weighted by atomic mass is 9.82. The van der Waals surface area contributed by atoms with Crippen molar-refractivity contribution in [2.24, 2.45) is 0 Å². The number of rotatable bonds is 7. The highest BCUT2D eigenvalue weighted by Gasteiger charge is 2.30. The van der Waals surface area contributed by atoms with E-state index >= 15 is 0 Å². The maximum absolute atomic E-state index is 13.0. The third-order valence-corrected chi connectivity index (χ3v) is 6.08. The zero-order chi connectivity index (χ0) is 22.8. The highest BCUT2D eigenvalue weighted by molar-refractivity contribution is 7.99. The van der Waals surface area contributed by atoms with E-state index in [-0.39, 0.29) is 23.4 Å². The number of hydrogen-bond donors (Lipinski definition) is 0. The van der Waals surface area contributed by atoms with Crippen molar-refractivity contribution in [2.45, 2.75) is 23.9 Å². The number of aromatic nitrogens is 4. The zero-order valence-electron chi connectivity index (χ0n) is 18.1. The number of esters is 1. The number of carbonyl (C=O) groups is 2. The van der Waals surface area contributed by atoms with Crippen molar-refractivity contribution >= 4 is 29.3 Å². The quantitative estimate of drug-likeness (QED) is 0.386. The molecule has 168 valence electrons. The summed E-state index contributed by atoms with van der Waals surface area (Å²) in [6, 6.07) is 3.73. The van der Waals surface area contributed by atoms with Crippen molar-refractivity contribution in [3.8, 4) is 17.2 Å². The van der Waals surface area contributed by atoms with Gasteiger partial charge in [-0.05, 0) is 30.0 Å². The van der Waals surface area contributed by atoms with E-state index in [4.69, 9.17) is 14.2 Å². The Kier molecular flexibility index (Phi) is 6.17. The van der Waals surface area contributed by atoms with Gasteiger partial charge in [-0.3, -0.25) is 9.59 Å². The molecule has 0 unspecified atom stereocenters. The van der Waals surface area contributed by atoms with Gasteiger partial charge in [-0.25, -0.2) is 9.50 Å². The number of fused-ring (bicyclic) bond motifs is 2. The lowest BCUT2D eigenvalue weighted by Crippen LogP contribution is -2.21. The van der Waals surface area contributed by atoms with Crippen molar-refractivity contribution < 1.29 is 28.5 Å². The average Bonchev–Trinajstić information content (AvgIpc) is 3.21. The Hall–Kier alpha value is -3.34. The summed E-state index contributed by atoms with van der Waals surface area (Å²) in [6.07, 6.45) is 2.52. The van der Waals surface area contributed by atoms with E-state index in [0.717, 1.165) is 17.3 Å². The van der Waals surface area contributed by atoms with Crippen LogP contribution in [0.1, 0.15) is 34.0 Å². The zero-order valence-corrected chi connectivity index (χ0v) is 18.9. The Balaban J connectivity index is 1.65. The van der Waals surface area contributed by atoms with Gasteiger partial charge in [0.1, 0.15) is 0 Å². The molecular formula is C21H22N4O6S. The first-order chi connectivity index (χ1) is 15.5. The molecule has 0 amide bonds. The molecule has 2 aromatic heterocycles. The van der Waals surface area contributed by atoms with E-state index in [9.17, 15) is 9.59 Å². The molecule has 0 aliphatic heterocycles. The van der Waals surface area contributed by atoms with Crippen LogP contribution in [0.15, 0.2) is 23.5 Å². The van der Waals surface area contributed by atoms with E-state index < -0.39 is 0 Å². The van der Waals surface area contributed by atoms with Crippen molar-refractivity contribution in [2.75, 3.05) is 34.2 Å². The normalized spacial score (nSPS) is 15.4. The molecule has 32 heavy (non-hydrogen) atoms. The molecule has 0 bridgehead atoms. The Bertz CT molecular complexity index is 1170. The van der Waals surface area contributed by atoms with Gasteiger partial charge in [-0.15, -0.1) is 5.10 Å². The summed E-state index contributed by atoms with van der Waals surface area (Å²) in [7, 11) is 5.99. The lowest BCUT2D eigenvalue weighted by molar-refractivity contribution is -0.137. The first kappa shape index (κ1) is 21.9. The van der Waals surface area contributed by atoms with Crippen LogP contribution in [0.3, 0.4) is 0 Å². The van der Waals surface area contributed by atoms with Crippen molar-refractivity contribution in [3.63, 3.8) is 0 Å². The van der Waals surface area contributed by atoms with Gasteiger partial charge in [0, 0.05) is 12.6 Å². The molecule has 0 saturated heterocycles. The molecule has 1 aliphatic rings. The maximum Gasteiger partial charge on any atom is 0.316 e. The standard InChI is InChI=1S/C21H22N4O6S/c1-28-16-7-12(8-17(29-2)19(16)31-4)11-5-14-13(15(26)6-11)9-25-20(22-14)23-21(24-25)32-10-18(27)30-3/h7-9,11H,5-6,10H2,1-4H3/t11-/m0/s1. The minimum absolute atomic E-state index is 0.0290. The van der Waals surface area contributed by atoms with Crippen molar-refractivity contribution in [1.29, 1.82) is 0 Å². The van der Waals surface area contributed by atoms with Crippen LogP contribution in [0.2, 0.25) is 0 Å². The number of benzene rings is 1. The molecule has 1 aliphatic carbocycles. The van der Waals surface area contributed by atoms with E-state index in [0.29, 0.717) is 52.3 Å². The molecule has 0 fully saturated rings. The molecule has 11 heteroatoms. The van der Waals surface area contributed by atoms with Crippen LogP contribution >= 0.6 is 11.8 Å². The number of nitrogens with zero attached hydrogens (tertiary/aromatic N) is 4. The Morgan fingerprint density at radius 1 is 1.09 bits per heavy atom. The third kappa shape index (κ3) is 4.07. The second-order valence-electron chi connectivity index (χ2n) is 7.09. The molecule has 4 rings (SSSR count). The fourth-order valence-corrected chi connectivity index (χ4v) is 4.34. The predicted molar refractivity (Wildman–Crippen MR) is 115 cm³/mol. The predicted octanol–water partition coefficient (Wildman–Crippen LogP) is 2.33. The number of Topliss-reactive ketones (excluding diaryl/α,β-unsaturated/α-hetero) is 1. The molecule has 0 spiro atoms. The van der Waals surface area contributed by atoms with Crippen molar-refractivity contribution in [1.82, 2.24) is 19.6 Å². The highest BCUT2D eigenvalue weighted by Crippen LogP contribution is 2.42. The number of thioether (sulfide) groups is 1. The number of ketones is 1. The molecule has 3 aromatic rings. The number of hydrogen-bond acceptors (Lipinski definition) is 10. The van der Waals surface area contributed by atoms with E-state index in [1.807, 2.05) is 12.1 Å². The van der Waals surface area contributed by atoms with Gasteiger partial charge < -0.3 is 18.9 Å². The smallest absolute Gasteiger partial charge is 0.316 e. The molecule has 1 atom stereocenters. The largest absolute Gasteiger partial charge is 0.493 e. The Morgan fingerprint density at radius 3 is 2.44 bits per heavy atom. The van der Waals surface area contributed by atoms with Crippen molar-refractivity contribution in [3.05, 3.63) is 35.2 Å². The van der Waals surface area contributed by atoms with Crippen LogP contribution in [-0.4, -0.2) is 65.5 Å². The summed E-state index contributed by atoms with van der Waals surface area (Å²) in [6.45, 7) is 0. The summed E-state index contributed by atoms with van der Waals surface area (Å²) in [4.78, 5) is 33.3. The molecule has 0 saturated carbocycles. The summed E-state index contributed by atoms with van der Waals surface area (Å²) in [5, 5.41) is 4.69. The highest BCUT2D eigenvalue weighted by atomic mass is 32.2. The number of methoxy groups -OCH3 is 4. The second-order valence-corrected chi connectivity index (χ2v) is 8.03. The summed E-state index contributed by atoms with van der Waals surface area (Å²) < 4.78 is 22.4. The summed E-state index contributed by atoms with van der Waals surface area (Å²) in [5.74, 6) is 1.53. The average molecular weight is 458 g/mol. The first-order valence-corrected chi connectivity index (χ1v) is 10.7. The molecule has 1 aromatic carbocycles. The van der Waals surface area contributed by atoms with Crippen LogP contribution in [-0.2, 0) is 16.0 Å². The van der Waals surface area contributed by atoms with Gasteiger partial charge >= 0.3 is 5.97 Å². The van der Waals surface area contributed by atoms with Crippen LogP contribution in [0.5, 0.6) is 17.2 Å². The Morgan fingerprint density at radius 2 is 1.81 bits per heavy atom. The van der Waals surface area contributed by atoms with E-state index in [2.05, 4.69) is 19.8 Å². The third-order valence-electron chi connectivity index (χ3n) is 5.27. The molecular weight excluding hydrogens is 436 g/mol. The van der Waals surface area contributed by atoms with Crippen LogP contribution in [0.25, 0.3) is 5.78 Å². The SMILES string of the molecule is COC(=O)CSc1nc2nc3c(cn2n1)C(=O)C[C@@H](c1cc(OC)c(OC)c(OC)c1)C3. The van der Waals surface area contributed by atoms with E-state index in [1.165, 1.54) is 11.6 Å². The van der Waals surface area contributed by atoms with Crippen LogP contribution < -0.4 is 14.2 Å². The lowest BCUT2D eigenvalue weighted by Gasteiger charge is -2.24. The first-order valence-electron chi connectivity index (χ1n) is 9.76. The molecule has 2 heterocycles. The Labute approximate surface area is 188 Å². The topological polar surface area (TPSA) is 114 Å². The minimum atomic E-state index is -0.371. The summed E-state index contributed by atoms with van der Waals surface area (Å²) >= 11 is 1.15. The molecule has 0 radical (unpaired) electrons. The number of carbonyl (C=O) groups excluding carboxylic acids is 2. The van der Waals surface area contributed by atoms with Gasteiger partial charge in [0.2, 0.25) is 10.9 Å². The summed E-state index contributed by atoms with van der Waals surface area (Å²) in [5.41, 5.74) is 2.08. The molecule has 10 nitrogen and oxygen atoms in total. The van der Waals surface area contributed by atoms with Gasteiger partial charge in [-0.2, -0.15) is 4.98 Å².